The van der Waals surface area contributed by atoms with E-state index in [2.05, 4.69) is 38.2 Å². The Bertz CT molecular complexity index is 170. The maximum Gasteiger partial charge on any atom is 0.0248 e. The Hall–Kier alpha value is -0.0800. The molecule has 2 heteroatoms. The fraction of sp³-hybridized carbons (Fsp3) is 1.00. The summed E-state index contributed by atoms with van der Waals surface area (Å²) >= 11 is 0. The van der Waals surface area contributed by atoms with Crippen molar-refractivity contribution >= 4 is 0 Å². The molecule has 1 aliphatic carbocycles. The Morgan fingerprint density at radius 3 is 2.53 bits per heavy atom. The summed E-state index contributed by atoms with van der Waals surface area (Å²) in [6.45, 7) is 4.63. The van der Waals surface area contributed by atoms with Crippen LogP contribution in [-0.2, 0) is 0 Å². The maximum absolute atomic E-state index is 3.51. The van der Waals surface area contributed by atoms with Gasteiger partial charge in [-0.25, -0.2) is 0 Å². The van der Waals surface area contributed by atoms with Crippen LogP contribution in [0.15, 0.2) is 0 Å². The highest BCUT2D eigenvalue weighted by molar-refractivity contribution is 4.86. The number of hydrogen-bond donors (Lipinski definition) is 1. The van der Waals surface area contributed by atoms with E-state index in [9.17, 15) is 0 Å². The zero-order valence-electron chi connectivity index (χ0n) is 10.9. The molecule has 0 amide bonds. The third-order valence-electron chi connectivity index (χ3n) is 4.16. The molecule has 15 heavy (non-hydrogen) atoms. The van der Waals surface area contributed by atoms with Crippen molar-refractivity contribution in [1.82, 2.24) is 10.2 Å². The molecule has 0 aromatic rings. The zero-order valence-corrected chi connectivity index (χ0v) is 10.9. The van der Waals surface area contributed by atoms with Crippen LogP contribution in [0.2, 0.25) is 0 Å². The van der Waals surface area contributed by atoms with Crippen molar-refractivity contribution in [2.75, 3.05) is 14.1 Å². The lowest BCUT2D eigenvalue weighted by Crippen LogP contribution is -2.49. The van der Waals surface area contributed by atoms with Crippen molar-refractivity contribution in [2.45, 2.75) is 70.5 Å². The maximum atomic E-state index is 3.51. The molecule has 1 aliphatic rings. The fourth-order valence-corrected chi connectivity index (χ4v) is 2.73. The van der Waals surface area contributed by atoms with E-state index in [4.69, 9.17) is 0 Å². The highest BCUT2D eigenvalue weighted by Gasteiger charge is 2.27. The van der Waals surface area contributed by atoms with E-state index in [1.807, 2.05) is 0 Å². The number of nitrogens with zero attached hydrogens (tertiary/aromatic N) is 1. The van der Waals surface area contributed by atoms with Gasteiger partial charge in [0, 0.05) is 18.1 Å². The fourth-order valence-electron chi connectivity index (χ4n) is 2.73. The Labute approximate surface area is 95.4 Å². The Balaban J connectivity index is 2.60. The second-order valence-electron chi connectivity index (χ2n) is 5.02. The monoisotopic (exact) mass is 212 g/mol. The molecule has 0 aromatic heterocycles. The molecule has 0 aromatic carbocycles. The first-order valence-corrected chi connectivity index (χ1v) is 6.59. The second-order valence-corrected chi connectivity index (χ2v) is 5.02. The molecule has 2 nitrogen and oxygen atoms in total. The van der Waals surface area contributed by atoms with E-state index in [0.29, 0.717) is 12.1 Å². The first kappa shape index (κ1) is 13.0. The summed E-state index contributed by atoms with van der Waals surface area (Å²) in [5.74, 6) is 0. The van der Waals surface area contributed by atoms with Crippen molar-refractivity contribution < 1.29 is 0 Å². The third-order valence-corrected chi connectivity index (χ3v) is 4.16. The lowest BCUT2D eigenvalue weighted by molar-refractivity contribution is 0.138. The van der Waals surface area contributed by atoms with Gasteiger partial charge >= 0.3 is 0 Å². The van der Waals surface area contributed by atoms with Gasteiger partial charge in [0.15, 0.2) is 0 Å². The average molecular weight is 212 g/mol. The van der Waals surface area contributed by atoms with E-state index >= 15 is 0 Å². The van der Waals surface area contributed by atoms with Crippen molar-refractivity contribution in [2.24, 2.45) is 0 Å². The molecule has 3 unspecified atom stereocenters. The molecule has 1 N–H and O–H groups in total. The quantitative estimate of drug-likeness (QED) is 0.721. The van der Waals surface area contributed by atoms with Gasteiger partial charge in [-0.3, -0.25) is 4.90 Å². The SMILES string of the molecule is CCC(C)N(C)C1CCCCCC1NC. The van der Waals surface area contributed by atoms with E-state index in [-0.39, 0.29) is 0 Å². The van der Waals surface area contributed by atoms with E-state index < -0.39 is 0 Å². The van der Waals surface area contributed by atoms with Gasteiger partial charge in [0.25, 0.3) is 0 Å². The lowest BCUT2D eigenvalue weighted by atomic mass is 10.00. The van der Waals surface area contributed by atoms with E-state index in [1.165, 1.54) is 38.5 Å². The third kappa shape index (κ3) is 3.46. The number of nitrogens with one attached hydrogen (secondary N) is 1. The first-order valence-electron chi connectivity index (χ1n) is 6.59. The van der Waals surface area contributed by atoms with Gasteiger partial charge in [0.1, 0.15) is 0 Å². The van der Waals surface area contributed by atoms with Crippen molar-refractivity contribution in [1.29, 1.82) is 0 Å². The molecule has 0 aliphatic heterocycles. The number of hydrogen-bond acceptors (Lipinski definition) is 2. The van der Waals surface area contributed by atoms with Gasteiger partial charge < -0.3 is 5.32 Å². The van der Waals surface area contributed by atoms with Crippen molar-refractivity contribution in [3.05, 3.63) is 0 Å². The van der Waals surface area contributed by atoms with Gasteiger partial charge in [0.2, 0.25) is 0 Å². The van der Waals surface area contributed by atoms with E-state index in [1.54, 1.807) is 0 Å². The molecular weight excluding hydrogens is 184 g/mol. The summed E-state index contributed by atoms with van der Waals surface area (Å²) < 4.78 is 0. The van der Waals surface area contributed by atoms with Gasteiger partial charge in [-0.1, -0.05) is 26.2 Å². The summed E-state index contributed by atoms with van der Waals surface area (Å²) in [7, 11) is 4.42. The molecule has 0 heterocycles. The Morgan fingerprint density at radius 2 is 1.93 bits per heavy atom. The molecule has 3 atom stereocenters. The molecule has 1 saturated carbocycles. The highest BCUT2D eigenvalue weighted by atomic mass is 15.2. The Kier molecular flexibility index (Phi) is 5.62. The summed E-state index contributed by atoms with van der Waals surface area (Å²) in [5, 5.41) is 3.51. The highest BCUT2D eigenvalue weighted by Crippen LogP contribution is 2.23. The smallest absolute Gasteiger partial charge is 0.0248 e. The molecule has 90 valence electrons. The van der Waals surface area contributed by atoms with Crippen LogP contribution in [0, 0.1) is 0 Å². The van der Waals surface area contributed by atoms with Gasteiger partial charge in [0.05, 0.1) is 0 Å². The van der Waals surface area contributed by atoms with Gasteiger partial charge in [-0.2, -0.15) is 0 Å². The molecule has 0 saturated heterocycles. The van der Waals surface area contributed by atoms with Crippen LogP contribution < -0.4 is 5.32 Å². The predicted molar refractivity (Wildman–Crippen MR) is 67.2 cm³/mol. The summed E-state index contributed by atoms with van der Waals surface area (Å²) in [5.41, 5.74) is 0. The zero-order chi connectivity index (χ0) is 11.3. The lowest BCUT2D eigenvalue weighted by Gasteiger charge is -2.37. The standard InChI is InChI=1S/C13H28N2/c1-5-11(2)15(4)13-10-8-6-7-9-12(13)14-3/h11-14H,5-10H2,1-4H3. The second kappa shape index (κ2) is 6.49. The van der Waals surface area contributed by atoms with E-state index in [0.717, 1.165) is 6.04 Å². The van der Waals surface area contributed by atoms with Crippen molar-refractivity contribution in [3.8, 4) is 0 Å². The minimum Gasteiger partial charge on any atom is -0.315 e. The molecular formula is C13H28N2. The number of rotatable bonds is 4. The van der Waals surface area contributed by atoms with Crippen LogP contribution in [0.4, 0.5) is 0 Å². The minimum atomic E-state index is 0.700. The summed E-state index contributed by atoms with van der Waals surface area (Å²) in [6.07, 6.45) is 8.20. The summed E-state index contributed by atoms with van der Waals surface area (Å²) in [6, 6.07) is 2.16. The van der Waals surface area contributed by atoms with Crippen LogP contribution in [0.25, 0.3) is 0 Å². The summed E-state index contributed by atoms with van der Waals surface area (Å²) in [4.78, 5) is 2.59. The van der Waals surface area contributed by atoms with Crippen LogP contribution in [0.5, 0.6) is 0 Å². The van der Waals surface area contributed by atoms with Crippen LogP contribution >= 0.6 is 0 Å². The van der Waals surface area contributed by atoms with Gasteiger partial charge in [-0.05, 0) is 40.3 Å². The topological polar surface area (TPSA) is 15.3 Å². The normalized spacial score (nSPS) is 30.2. The predicted octanol–water partition coefficient (Wildman–Crippen LogP) is 2.64. The molecule has 0 bridgehead atoms. The molecule has 1 rings (SSSR count). The molecule has 1 fully saturated rings. The largest absolute Gasteiger partial charge is 0.315 e. The average Bonchev–Trinajstić information content (AvgIpc) is 2.51. The number of likely N-dealkylation sites (N-methyl/N-ethyl adjacent to an activating group) is 2. The minimum absolute atomic E-state index is 0.700. The van der Waals surface area contributed by atoms with Gasteiger partial charge in [-0.15, -0.1) is 0 Å². The van der Waals surface area contributed by atoms with Crippen molar-refractivity contribution in [3.63, 3.8) is 0 Å². The Morgan fingerprint density at radius 1 is 1.27 bits per heavy atom. The molecule has 0 spiro atoms. The van der Waals surface area contributed by atoms with Crippen LogP contribution in [0.1, 0.15) is 52.4 Å². The van der Waals surface area contributed by atoms with Crippen LogP contribution in [-0.4, -0.2) is 37.1 Å². The molecule has 0 radical (unpaired) electrons. The van der Waals surface area contributed by atoms with Crippen LogP contribution in [0.3, 0.4) is 0 Å². The first-order chi connectivity index (χ1) is 7.20.